The van der Waals surface area contributed by atoms with Crippen molar-refractivity contribution in [2.24, 2.45) is 11.1 Å². The van der Waals surface area contributed by atoms with E-state index in [4.69, 9.17) is 5.73 Å². The number of nitrogens with two attached hydrogens (primary N) is 1. The van der Waals surface area contributed by atoms with E-state index in [2.05, 4.69) is 36.0 Å². The van der Waals surface area contributed by atoms with E-state index in [1.165, 1.54) is 18.3 Å². The molecule has 5 nitrogen and oxygen atoms in total. The number of thiazole rings is 1. The standard InChI is InChI=1S/C13H24N4OS/c1-5-17(9-13(3,4)8-14)6-11-7-19-12(16-11)15-10(2)18/h7H,5-6,8-9,14H2,1-4H3,(H,15,16,18). The van der Waals surface area contributed by atoms with E-state index in [1.807, 2.05) is 5.38 Å². The molecule has 0 aliphatic heterocycles. The van der Waals surface area contributed by atoms with Crippen molar-refractivity contribution in [3.05, 3.63) is 11.1 Å². The highest BCUT2D eigenvalue weighted by Gasteiger charge is 2.20. The molecule has 6 heteroatoms. The Kier molecular flexibility index (Phi) is 5.90. The molecule has 0 aromatic carbocycles. The maximum atomic E-state index is 11.0. The lowest BCUT2D eigenvalue weighted by Crippen LogP contribution is -2.38. The lowest BCUT2D eigenvalue weighted by Gasteiger charge is -2.30. The normalized spacial score (nSPS) is 11.9. The average molecular weight is 284 g/mol. The van der Waals surface area contributed by atoms with Crippen molar-refractivity contribution in [1.29, 1.82) is 0 Å². The largest absolute Gasteiger partial charge is 0.330 e. The zero-order valence-corrected chi connectivity index (χ0v) is 13.0. The Morgan fingerprint density at radius 2 is 2.26 bits per heavy atom. The van der Waals surface area contributed by atoms with Gasteiger partial charge in [-0.25, -0.2) is 4.98 Å². The first-order valence-electron chi connectivity index (χ1n) is 6.50. The first kappa shape index (κ1) is 16.1. The summed E-state index contributed by atoms with van der Waals surface area (Å²) in [5.41, 5.74) is 6.87. The number of amides is 1. The van der Waals surface area contributed by atoms with Gasteiger partial charge < -0.3 is 11.1 Å². The van der Waals surface area contributed by atoms with Gasteiger partial charge >= 0.3 is 0 Å². The molecule has 3 N–H and O–H groups in total. The third-order valence-corrected chi connectivity index (χ3v) is 3.68. The van der Waals surface area contributed by atoms with Gasteiger partial charge in [0.05, 0.1) is 5.69 Å². The number of aromatic nitrogens is 1. The van der Waals surface area contributed by atoms with Crippen LogP contribution in [-0.4, -0.2) is 35.4 Å². The van der Waals surface area contributed by atoms with E-state index in [1.54, 1.807) is 0 Å². The number of rotatable bonds is 7. The summed E-state index contributed by atoms with van der Waals surface area (Å²) in [5, 5.41) is 5.36. The highest BCUT2D eigenvalue weighted by atomic mass is 32.1. The van der Waals surface area contributed by atoms with Gasteiger partial charge in [-0.3, -0.25) is 9.69 Å². The topological polar surface area (TPSA) is 71.2 Å². The molecule has 1 aromatic heterocycles. The SMILES string of the molecule is CCN(Cc1csc(NC(C)=O)n1)CC(C)(C)CN. The molecular weight excluding hydrogens is 260 g/mol. The maximum absolute atomic E-state index is 11.0. The summed E-state index contributed by atoms with van der Waals surface area (Å²) >= 11 is 1.46. The summed E-state index contributed by atoms with van der Waals surface area (Å²) in [6.07, 6.45) is 0. The van der Waals surface area contributed by atoms with Crippen LogP contribution in [-0.2, 0) is 11.3 Å². The van der Waals surface area contributed by atoms with Gasteiger partial charge in [0.2, 0.25) is 5.91 Å². The minimum Gasteiger partial charge on any atom is -0.330 e. The molecule has 0 unspecified atom stereocenters. The van der Waals surface area contributed by atoms with Gasteiger partial charge in [0.25, 0.3) is 0 Å². The first-order chi connectivity index (χ1) is 8.86. The molecule has 0 saturated carbocycles. The lowest BCUT2D eigenvalue weighted by atomic mass is 9.93. The zero-order valence-electron chi connectivity index (χ0n) is 12.2. The Labute approximate surface area is 119 Å². The van der Waals surface area contributed by atoms with Crippen LogP contribution < -0.4 is 11.1 Å². The van der Waals surface area contributed by atoms with Crippen LogP contribution in [0, 0.1) is 5.41 Å². The van der Waals surface area contributed by atoms with Crippen molar-refractivity contribution in [2.75, 3.05) is 25.0 Å². The second-order valence-corrected chi connectivity index (χ2v) is 6.35. The van der Waals surface area contributed by atoms with Crippen LogP contribution in [0.1, 0.15) is 33.4 Å². The van der Waals surface area contributed by atoms with Crippen LogP contribution in [0.2, 0.25) is 0 Å². The van der Waals surface area contributed by atoms with Crippen molar-refractivity contribution in [3.8, 4) is 0 Å². The van der Waals surface area contributed by atoms with Gasteiger partial charge in [0.15, 0.2) is 5.13 Å². The molecule has 1 amide bonds. The third kappa shape index (κ3) is 5.67. The number of nitrogens with one attached hydrogen (secondary N) is 1. The van der Waals surface area contributed by atoms with Crippen LogP contribution in [0.5, 0.6) is 0 Å². The second-order valence-electron chi connectivity index (χ2n) is 5.50. The first-order valence-corrected chi connectivity index (χ1v) is 7.38. The molecule has 0 saturated heterocycles. The fourth-order valence-electron chi connectivity index (χ4n) is 1.77. The van der Waals surface area contributed by atoms with Crippen LogP contribution in [0.3, 0.4) is 0 Å². The summed E-state index contributed by atoms with van der Waals surface area (Å²) in [7, 11) is 0. The molecule has 0 aliphatic rings. The number of carbonyl (C=O) groups is 1. The lowest BCUT2D eigenvalue weighted by molar-refractivity contribution is -0.114. The molecule has 0 aliphatic carbocycles. The summed E-state index contributed by atoms with van der Waals surface area (Å²) in [5.74, 6) is -0.0856. The van der Waals surface area contributed by atoms with Crippen molar-refractivity contribution >= 4 is 22.4 Å². The molecule has 19 heavy (non-hydrogen) atoms. The summed E-state index contributed by atoms with van der Waals surface area (Å²) in [6.45, 7) is 11.3. The van der Waals surface area contributed by atoms with E-state index >= 15 is 0 Å². The number of hydrogen-bond acceptors (Lipinski definition) is 5. The number of hydrogen-bond donors (Lipinski definition) is 2. The van der Waals surface area contributed by atoms with Crippen molar-refractivity contribution in [2.45, 2.75) is 34.2 Å². The smallest absolute Gasteiger partial charge is 0.223 e. The zero-order chi connectivity index (χ0) is 14.5. The van der Waals surface area contributed by atoms with Crippen molar-refractivity contribution in [3.63, 3.8) is 0 Å². The molecule has 0 fully saturated rings. The van der Waals surface area contributed by atoms with Crippen LogP contribution in [0.4, 0.5) is 5.13 Å². The number of nitrogens with zero attached hydrogens (tertiary/aromatic N) is 2. The van der Waals surface area contributed by atoms with Gasteiger partial charge in [-0.15, -0.1) is 11.3 Å². The van der Waals surface area contributed by atoms with E-state index in [9.17, 15) is 4.79 Å². The Morgan fingerprint density at radius 1 is 1.58 bits per heavy atom. The second kappa shape index (κ2) is 6.98. The predicted molar refractivity (Wildman–Crippen MR) is 80.2 cm³/mol. The monoisotopic (exact) mass is 284 g/mol. The van der Waals surface area contributed by atoms with Crippen LogP contribution in [0.15, 0.2) is 5.38 Å². The summed E-state index contributed by atoms with van der Waals surface area (Å²) < 4.78 is 0. The Bertz CT molecular complexity index is 417. The fraction of sp³-hybridized carbons (Fsp3) is 0.692. The Balaban J connectivity index is 2.60. The maximum Gasteiger partial charge on any atom is 0.223 e. The Morgan fingerprint density at radius 3 is 2.79 bits per heavy atom. The fourth-order valence-corrected chi connectivity index (χ4v) is 2.51. The highest BCUT2D eigenvalue weighted by molar-refractivity contribution is 7.13. The summed E-state index contributed by atoms with van der Waals surface area (Å²) in [6, 6.07) is 0. The molecule has 0 atom stereocenters. The minimum atomic E-state index is -0.0856. The molecule has 0 bridgehead atoms. The van der Waals surface area contributed by atoms with Gasteiger partial charge in [-0.05, 0) is 18.5 Å². The van der Waals surface area contributed by atoms with Crippen molar-refractivity contribution in [1.82, 2.24) is 9.88 Å². The summed E-state index contributed by atoms with van der Waals surface area (Å²) in [4.78, 5) is 17.7. The van der Waals surface area contributed by atoms with Gasteiger partial charge in [-0.1, -0.05) is 20.8 Å². The van der Waals surface area contributed by atoms with Crippen LogP contribution in [0.25, 0.3) is 0 Å². The van der Waals surface area contributed by atoms with E-state index < -0.39 is 0 Å². The quantitative estimate of drug-likeness (QED) is 0.802. The minimum absolute atomic E-state index is 0.0856. The predicted octanol–water partition coefficient (Wildman–Crippen LogP) is 1.91. The third-order valence-electron chi connectivity index (χ3n) is 2.87. The Hall–Kier alpha value is -0.980. The van der Waals surface area contributed by atoms with E-state index in [0.717, 1.165) is 25.3 Å². The molecule has 1 heterocycles. The van der Waals surface area contributed by atoms with Crippen molar-refractivity contribution < 1.29 is 4.79 Å². The molecule has 108 valence electrons. The molecule has 0 spiro atoms. The molecular formula is C13H24N4OS. The molecule has 0 radical (unpaired) electrons. The molecule has 1 aromatic rings. The number of anilines is 1. The number of carbonyl (C=O) groups excluding carboxylic acids is 1. The molecule has 1 rings (SSSR count). The van der Waals surface area contributed by atoms with Gasteiger partial charge in [0, 0.05) is 25.4 Å². The van der Waals surface area contributed by atoms with Gasteiger partial charge in [0.1, 0.15) is 0 Å². The van der Waals surface area contributed by atoms with Crippen LogP contribution >= 0.6 is 11.3 Å². The van der Waals surface area contributed by atoms with E-state index in [-0.39, 0.29) is 11.3 Å². The highest BCUT2D eigenvalue weighted by Crippen LogP contribution is 2.19. The van der Waals surface area contributed by atoms with Gasteiger partial charge in [-0.2, -0.15) is 0 Å². The average Bonchev–Trinajstić information content (AvgIpc) is 2.74. The van der Waals surface area contributed by atoms with E-state index in [0.29, 0.717) is 11.7 Å².